The van der Waals surface area contributed by atoms with Gasteiger partial charge in [-0.2, -0.15) is 0 Å². The largest absolute Gasteiger partial charge is 0.492 e. The van der Waals surface area contributed by atoms with Crippen molar-refractivity contribution in [3.05, 3.63) is 76.1 Å². The second-order valence-corrected chi connectivity index (χ2v) is 8.44. The zero-order chi connectivity index (χ0) is 17.8. The van der Waals surface area contributed by atoms with Crippen molar-refractivity contribution >= 4 is 22.9 Å². The molecule has 0 amide bonds. The van der Waals surface area contributed by atoms with Crippen LogP contribution in [-0.2, 0) is 6.42 Å². The lowest BCUT2D eigenvalue weighted by atomic mass is 10.0. The smallest absolute Gasteiger partial charge is 0.119 e. The number of benzene rings is 2. The van der Waals surface area contributed by atoms with E-state index in [0.29, 0.717) is 6.04 Å². The summed E-state index contributed by atoms with van der Waals surface area (Å²) < 4.78 is 6.72. The molecule has 3 aromatic rings. The molecule has 4 heteroatoms. The summed E-state index contributed by atoms with van der Waals surface area (Å²) in [6.45, 7) is 1.87. The lowest BCUT2D eigenvalue weighted by Crippen LogP contribution is -2.28. The second kappa shape index (κ2) is 8.26. The average molecular weight is 384 g/mol. The molecule has 2 heterocycles. The molecule has 1 fully saturated rings. The maximum Gasteiger partial charge on any atom is 0.119 e. The molecule has 1 atom stereocenters. The van der Waals surface area contributed by atoms with Gasteiger partial charge in [-0.05, 0) is 66.8 Å². The Morgan fingerprint density at radius 3 is 2.31 bits per heavy atom. The van der Waals surface area contributed by atoms with Gasteiger partial charge in [0.05, 0.1) is 4.34 Å². The maximum atomic E-state index is 6.03. The van der Waals surface area contributed by atoms with E-state index >= 15 is 0 Å². The molecule has 0 saturated carbocycles. The Bertz CT molecular complexity index is 835. The molecular weight excluding hydrogens is 362 g/mol. The lowest BCUT2D eigenvalue weighted by Gasteiger charge is -2.12. The van der Waals surface area contributed by atoms with E-state index in [-0.39, 0.29) is 0 Å². The molecule has 2 aromatic carbocycles. The Labute approximate surface area is 163 Å². The van der Waals surface area contributed by atoms with Crippen LogP contribution in [0.2, 0.25) is 4.34 Å². The monoisotopic (exact) mass is 383 g/mol. The summed E-state index contributed by atoms with van der Waals surface area (Å²) in [6, 6.07) is 21.7. The van der Waals surface area contributed by atoms with Gasteiger partial charge < -0.3 is 10.1 Å². The van der Waals surface area contributed by atoms with Gasteiger partial charge in [-0.25, -0.2) is 0 Å². The molecule has 1 aliphatic heterocycles. The van der Waals surface area contributed by atoms with Crippen LogP contribution in [-0.4, -0.2) is 19.2 Å². The van der Waals surface area contributed by atoms with Crippen LogP contribution in [0.5, 0.6) is 5.75 Å². The molecule has 1 aliphatic rings. The van der Waals surface area contributed by atoms with Crippen LogP contribution in [0.3, 0.4) is 0 Å². The van der Waals surface area contributed by atoms with Crippen LogP contribution in [0, 0.1) is 0 Å². The Morgan fingerprint density at radius 1 is 0.962 bits per heavy atom. The number of halogens is 1. The summed E-state index contributed by atoms with van der Waals surface area (Å²) in [4.78, 5) is 1.21. The third-order valence-corrected chi connectivity index (χ3v) is 6.04. The van der Waals surface area contributed by atoms with Crippen molar-refractivity contribution in [1.29, 1.82) is 0 Å². The van der Waals surface area contributed by atoms with E-state index in [9.17, 15) is 0 Å². The zero-order valence-corrected chi connectivity index (χ0v) is 16.2. The van der Waals surface area contributed by atoms with Crippen LogP contribution in [0.15, 0.2) is 60.7 Å². The Hall–Kier alpha value is -1.81. The summed E-state index contributed by atoms with van der Waals surface area (Å²) in [5.74, 6) is 0.951. The van der Waals surface area contributed by atoms with E-state index in [1.807, 2.05) is 6.07 Å². The van der Waals surface area contributed by atoms with Crippen molar-refractivity contribution in [3.8, 4) is 16.2 Å². The fraction of sp³-hybridized carbons (Fsp3) is 0.273. The first kappa shape index (κ1) is 17.6. The predicted molar refractivity (Wildman–Crippen MR) is 111 cm³/mol. The minimum atomic E-state index is 0.506. The first-order valence-electron chi connectivity index (χ1n) is 9.06. The van der Waals surface area contributed by atoms with E-state index in [0.717, 1.165) is 29.7 Å². The predicted octanol–water partition coefficient (Wildman–Crippen LogP) is 5.79. The molecule has 0 unspecified atom stereocenters. The SMILES string of the molecule is Clc1ccc(-c2ccc(Cc3ccc(OC[C@H]4CCCN4)cc3)cc2)s1. The van der Waals surface area contributed by atoms with E-state index < -0.39 is 0 Å². The molecule has 2 nitrogen and oxygen atoms in total. The molecular formula is C22H22ClNOS. The zero-order valence-electron chi connectivity index (χ0n) is 14.6. The van der Waals surface area contributed by atoms with Crippen molar-refractivity contribution in [2.75, 3.05) is 13.2 Å². The van der Waals surface area contributed by atoms with Crippen molar-refractivity contribution < 1.29 is 4.74 Å². The minimum absolute atomic E-state index is 0.506. The highest BCUT2D eigenvalue weighted by Gasteiger charge is 2.14. The van der Waals surface area contributed by atoms with Crippen LogP contribution in [0.25, 0.3) is 10.4 Å². The molecule has 1 N–H and O–H groups in total. The highest BCUT2D eigenvalue weighted by atomic mass is 35.5. The van der Waals surface area contributed by atoms with Gasteiger partial charge in [0.15, 0.2) is 0 Å². The van der Waals surface area contributed by atoms with E-state index in [4.69, 9.17) is 16.3 Å². The number of nitrogens with one attached hydrogen (secondary N) is 1. The summed E-state index contributed by atoms with van der Waals surface area (Å²) in [7, 11) is 0. The van der Waals surface area contributed by atoms with Crippen molar-refractivity contribution in [2.24, 2.45) is 0 Å². The third kappa shape index (κ3) is 4.47. The van der Waals surface area contributed by atoms with Crippen LogP contribution in [0.4, 0.5) is 0 Å². The number of rotatable bonds is 6. The molecule has 134 valence electrons. The molecule has 0 aliphatic carbocycles. The normalized spacial score (nSPS) is 16.7. The average Bonchev–Trinajstić information content (AvgIpc) is 3.34. The van der Waals surface area contributed by atoms with Gasteiger partial charge in [-0.3, -0.25) is 0 Å². The summed E-state index contributed by atoms with van der Waals surface area (Å²) in [6.07, 6.45) is 3.40. The minimum Gasteiger partial charge on any atom is -0.492 e. The Balaban J connectivity index is 1.34. The van der Waals surface area contributed by atoms with E-state index in [1.54, 1.807) is 11.3 Å². The molecule has 1 aromatic heterocycles. The summed E-state index contributed by atoms with van der Waals surface area (Å²) >= 11 is 7.64. The van der Waals surface area contributed by atoms with Crippen LogP contribution < -0.4 is 10.1 Å². The van der Waals surface area contributed by atoms with Gasteiger partial charge in [0, 0.05) is 10.9 Å². The molecule has 0 radical (unpaired) electrons. The van der Waals surface area contributed by atoms with Gasteiger partial charge in [0.2, 0.25) is 0 Å². The van der Waals surface area contributed by atoms with Gasteiger partial charge >= 0.3 is 0 Å². The van der Waals surface area contributed by atoms with Crippen molar-refractivity contribution in [3.63, 3.8) is 0 Å². The number of hydrogen-bond donors (Lipinski definition) is 1. The second-order valence-electron chi connectivity index (χ2n) is 6.73. The van der Waals surface area contributed by atoms with Gasteiger partial charge in [0.1, 0.15) is 12.4 Å². The fourth-order valence-corrected chi connectivity index (χ4v) is 4.34. The highest BCUT2D eigenvalue weighted by Crippen LogP contribution is 2.31. The van der Waals surface area contributed by atoms with Gasteiger partial charge in [-0.15, -0.1) is 11.3 Å². The van der Waals surface area contributed by atoms with Crippen LogP contribution >= 0.6 is 22.9 Å². The maximum absolute atomic E-state index is 6.03. The lowest BCUT2D eigenvalue weighted by molar-refractivity contribution is 0.277. The number of hydrogen-bond acceptors (Lipinski definition) is 3. The number of thiophene rings is 1. The summed E-state index contributed by atoms with van der Waals surface area (Å²) in [5.41, 5.74) is 3.82. The van der Waals surface area contributed by atoms with Gasteiger partial charge in [0.25, 0.3) is 0 Å². The topological polar surface area (TPSA) is 21.3 Å². The Kier molecular flexibility index (Phi) is 5.59. The van der Waals surface area contributed by atoms with Crippen LogP contribution in [0.1, 0.15) is 24.0 Å². The highest BCUT2D eigenvalue weighted by molar-refractivity contribution is 7.19. The first-order chi connectivity index (χ1) is 12.8. The fourth-order valence-electron chi connectivity index (χ4n) is 3.29. The van der Waals surface area contributed by atoms with E-state index in [1.165, 1.54) is 34.4 Å². The molecule has 1 saturated heterocycles. The summed E-state index contributed by atoms with van der Waals surface area (Å²) in [5, 5.41) is 3.46. The van der Waals surface area contributed by atoms with E-state index in [2.05, 4.69) is 59.9 Å². The quantitative estimate of drug-likeness (QED) is 0.581. The first-order valence-corrected chi connectivity index (χ1v) is 10.3. The number of ether oxygens (including phenoxy) is 1. The van der Waals surface area contributed by atoms with Gasteiger partial charge in [-0.1, -0.05) is 48.0 Å². The molecule has 4 rings (SSSR count). The molecule has 0 spiro atoms. The van der Waals surface area contributed by atoms with Crippen molar-refractivity contribution in [1.82, 2.24) is 5.32 Å². The molecule has 0 bridgehead atoms. The Morgan fingerprint density at radius 2 is 1.69 bits per heavy atom. The standard InChI is InChI=1S/C22H22ClNOS/c23-22-12-11-21(26-22)18-7-3-16(4-8-18)14-17-5-9-20(10-6-17)25-15-19-2-1-13-24-19/h3-12,19,24H,1-2,13-15H2/t19-/m1/s1. The third-order valence-electron chi connectivity index (χ3n) is 4.76. The molecule has 26 heavy (non-hydrogen) atoms. The van der Waals surface area contributed by atoms with Crippen molar-refractivity contribution in [2.45, 2.75) is 25.3 Å².